The van der Waals surface area contributed by atoms with Crippen molar-refractivity contribution >= 4 is 11.9 Å². The van der Waals surface area contributed by atoms with E-state index < -0.39 is 17.9 Å². The van der Waals surface area contributed by atoms with Crippen molar-refractivity contribution in [3.05, 3.63) is 53.4 Å². The van der Waals surface area contributed by atoms with Gasteiger partial charge >= 0.3 is 5.97 Å². The number of esters is 1. The third-order valence-corrected chi connectivity index (χ3v) is 2.70. The molecule has 0 fully saturated rings. The maximum absolute atomic E-state index is 12.0. The van der Waals surface area contributed by atoms with Crippen LogP contribution in [0.15, 0.2) is 40.9 Å². The topological polar surface area (TPSA) is 81.4 Å². The maximum Gasteiger partial charge on any atom is 0.333 e. The summed E-state index contributed by atoms with van der Waals surface area (Å²) in [6.45, 7) is 1.70. The van der Waals surface area contributed by atoms with Gasteiger partial charge in [-0.25, -0.2) is 4.79 Å². The molecule has 104 valence electrons. The molecule has 2 rings (SSSR count). The summed E-state index contributed by atoms with van der Waals surface area (Å²) in [6.07, 6.45) is 0. The first kappa shape index (κ1) is 13.8. The van der Waals surface area contributed by atoms with E-state index in [4.69, 9.17) is 9.26 Å². The minimum atomic E-state index is -0.890. The average molecular weight is 274 g/mol. The van der Waals surface area contributed by atoms with E-state index in [-0.39, 0.29) is 5.76 Å². The number of amides is 1. The SMILES string of the molecule is COC(=O)C(NC(=O)c1cc(C)no1)c1ccccc1. The molecule has 0 saturated heterocycles. The predicted octanol–water partition coefficient (Wildman–Crippen LogP) is 1.63. The molecule has 0 aliphatic carbocycles. The van der Waals surface area contributed by atoms with E-state index in [0.717, 1.165) is 0 Å². The molecule has 0 radical (unpaired) electrons. The second kappa shape index (κ2) is 6.01. The van der Waals surface area contributed by atoms with Crippen molar-refractivity contribution in [1.29, 1.82) is 0 Å². The molecule has 1 atom stereocenters. The third kappa shape index (κ3) is 3.03. The molecule has 1 unspecified atom stereocenters. The summed E-state index contributed by atoms with van der Waals surface area (Å²) < 4.78 is 9.57. The van der Waals surface area contributed by atoms with E-state index >= 15 is 0 Å². The Balaban J connectivity index is 2.21. The number of benzene rings is 1. The number of hydrogen-bond acceptors (Lipinski definition) is 5. The molecule has 0 aliphatic rings. The molecule has 1 N–H and O–H groups in total. The van der Waals surface area contributed by atoms with Crippen LogP contribution in [0.4, 0.5) is 0 Å². The molecule has 1 heterocycles. The van der Waals surface area contributed by atoms with Crippen LogP contribution >= 0.6 is 0 Å². The Hall–Kier alpha value is -2.63. The summed E-state index contributed by atoms with van der Waals surface area (Å²) in [5.74, 6) is -1.03. The fourth-order valence-electron chi connectivity index (χ4n) is 1.71. The molecule has 0 bridgehead atoms. The van der Waals surface area contributed by atoms with Crippen LogP contribution in [-0.4, -0.2) is 24.1 Å². The highest BCUT2D eigenvalue weighted by Crippen LogP contribution is 2.15. The van der Waals surface area contributed by atoms with Crippen LogP contribution in [0.25, 0.3) is 0 Å². The van der Waals surface area contributed by atoms with E-state index in [1.165, 1.54) is 13.2 Å². The van der Waals surface area contributed by atoms with Gasteiger partial charge in [0, 0.05) is 6.07 Å². The van der Waals surface area contributed by atoms with Crippen LogP contribution in [0.2, 0.25) is 0 Å². The molecule has 6 nitrogen and oxygen atoms in total. The van der Waals surface area contributed by atoms with Crippen LogP contribution < -0.4 is 5.32 Å². The molecule has 6 heteroatoms. The van der Waals surface area contributed by atoms with Crippen molar-refractivity contribution < 1.29 is 18.8 Å². The van der Waals surface area contributed by atoms with E-state index in [2.05, 4.69) is 10.5 Å². The predicted molar refractivity (Wildman–Crippen MR) is 69.9 cm³/mol. The lowest BCUT2D eigenvalue weighted by molar-refractivity contribution is -0.143. The number of hydrogen-bond donors (Lipinski definition) is 1. The van der Waals surface area contributed by atoms with Crippen LogP contribution in [0, 0.1) is 6.92 Å². The summed E-state index contributed by atoms with van der Waals surface area (Å²) in [4.78, 5) is 23.8. The Bertz CT molecular complexity index is 607. The Morgan fingerprint density at radius 3 is 2.55 bits per heavy atom. The number of aryl methyl sites for hydroxylation is 1. The Labute approximate surface area is 115 Å². The first-order valence-electron chi connectivity index (χ1n) is 5.98. The molecule has 0 spiro atoms. The zero-order valence-electron chi connectivity index (χ0n) is 11.1. The highest BCUT2D eigenvalue weighted by Gasteiger charge is 2.25. The molecule has 0 aliphatic heterocycles. The number of nitrogens with one attached hydrogen (secondary N) is 1. The molecule has 1 aromatic heterocycles. The number of rotatable bonds is 4. The zero-order valence-corrected chi connectivity index (χ0v) is 11.1. The van der Waals surface area contributed by atoms with E-state index in [9.17, 15) is 9.59 Å². The standard InChI is InChI=1S/C14H14N2O4/c1-9-8-11(20-16-9)13(17)15-12(14(18)19-2)10-6-4-3-5-7-10/h3-8,12H,1-2H3,(H,15,17). The van der Waals surface area contributed by atoms with Gasteiger partial charge in [-0.05, 0) is 12.5 Å². The Kier molecular flexibility index (Phi) is 4.14. The highest BCUT2D eigenvalue weighted by atomic mass is 16.5. The van der Waals surface area contributed by atoms with Gasteiger partial charge in [-0.1, -0.05) is 35.5 Å². The molecular formula is C14H14N2O4. The van der Waals surface area contributed by atoms with E-state index in [0.29, 0.717) is 11.3 Å². The molecule has 0 saturated carbocycles. The monoisotopic (exact) mass is 274 g/mol. The molecule has 20 heavy (non-hydrogen) atoms. The lowest BCUT2D eigenvalue weighted by atomic mass is 10.1. The van der Waals surface area contributed by atoms with Crippen LogP contribution in [0.5, 0.6) is 0 Å². The number of ether oxygens (including phenoxy) is 1. The number of methoxy groups -OCH3 is 1. The van der Waals surface area contributed by atoms with Crippen molar-refractivity contribution in [2.24, 2.45) is 0 Å². The smallest absolute Gasteiger partial charge is 0.333 e. The lowest BCUT2D eigenvalue weighted by Gasteiger charge is -2.15. The lowest BCUT2D eigenvalue weighted by Crippen LogP contribution is -2.34. The summed E-state index contributed by atoms with van der Waals surface area (Å²) in [5.41, 5.74) is 1.22. The van der Waals surface area contributed by atoms with Crippen molar-refractivity contribution in [3.63, 3.8) is 0 Å². The van der Waals surface area contributed by atoms with Gasteiger partial charge in [0.25, 0.3) is 5.91 Å². The summed E-state index contributed by atoms with van der Waals surface area (Å²) in [7, 11) is 1.27. The summed E-state index contributed by atoms with van der Waals surface area (Å²) >= 11 is 0. The molecule has 1 aromatic carbocycles. The van der Waals surface area contributed by atoms with Gasteiger partial charge in [0.15, 0.2) is 6.04 Å². The van der Waals surface area contributed by atoms with Gasteiger partial charge in [0.2, 0.25) is 5.76 Å². The maximum atomic E-state index is 12.0. The van der Waals surface area contributed by atoms with Gasteiger partial charge in [-0.2, -0.15) is 0 Å². The van der Waals surface area contributed by atoms with E-state index in [1.807, 2.05) is 6.07 Å². The summed E-state index contributed by atoms with van der Waals surface area (Å²) in [6, 6.07) is 9.43. The second-order valence-electron chi connectivity index (χ2n) is 4.17. The van der Waals surface area contributed by atoms with Gasteiger partial charge in [-0.3, -0.25) is 4.79 Å². The first-order chi connectivity index (χ1) is 9.61. The number of carbonyl (C=O) groups excluding carboxylic acids is 2. The fraction of sp³-hybridized carbons (Fsp3) is 0.214. The third-order valence-electron chi connectivity index (χ3n) is 2.70. The van der Waals surface area contributed by atoms with Crippen molar-refractivity contribution in [1.82, 2.24) is 10.5 Å². The largest absolute Gasteiger partial charge is 0.467 e. The van der Waals surface area contributed by atoms with Crippen molar-refractivity contribution in [2.75, 3.05) is 7.11 Å². The van der Waals surface area contributed by atoms with Crippen LogP contribution in [-0.2, 0) is 9.53 Å². The van der Waals surface area contributed by atoms with Crippen LogP contribution in [0.3, 0.4) is 0 Å². The molecule has 1 amide bonds. The minimum Gasteiger partial charge on any atom is -0.467 e. The Morgan fingerprint density at radius 2 is 2.00 bits per heavy atom. The van der Waals surface area contributed by atoms with Gasteiger partial charge in [0.1, 0.15) is 0 Å². The van der Waals surface area contributed by atoms with E-state index in [1.54, 1.807) is 31.2 Å². The highest BCUT2D eigenvalue weighted by molar-refractivity contribution is 5.94. The first-order valence-corrected chi connectivity index (χ1v) is 5.98. The molecular weight excluding hydrogens is 260 g/mol. The van der Waals surface area contributed by atoms with Crippen molar-refractivity contribution in [2.45, 2.75) is 13.0 Å². The second-order valence-corrected chi connectivity index (χ2v) is 4.17. The zero-order chi connectivity index (χ0) is 14.5. The number of aromatic nitrogens is 1. The fourth-order valence-corrected chi connectivity index (χ4v) is 1.71. The van der Waals surface area contributed by atoms with Gasteiger partial charge < -0.3 is 14.6 Å². The quantitative estimate of drug-likeness (QED) is 0.857. The normalized spacial score (nSPS) is 11.7. The summed E-state index contributed by atoms with van der Waals surface area (Å²) in [5, 5.41) is 6.20. The van der Waals surface area contributed by atoms with Gasteiger partial charge in [0.05, 0.1) is 12.8 Å². The number of carbonyl (C=O) groups is 2. The number of nitrogens with zero attached hydrogens (tertiary/aromatic N) is 1. The Morgan fingerprint density at radius 1 is 1.30 bits per heavy atom. The minimum absolute atomic E-state index is 0.0485. The average Bonchev–Trinajstić information content (AvgIpc) is 2.91. The van der Waals surface area contributed by atoms with Crippen LogP contribution in [0.1, 0.15) is 27.9 Å². The van der Waals surface area contributed by atoms with Gasteiger partial charge in [-0.15, -0.1) is 0 Å². The van der Waals surface area contributed by atoms with Crippen molar-refractivity contribution in [3.8, 4) is 0 Å². The molecule has 2 aromatic rings.